The number of aromatic nitrogens is 1. The van der Waals surface area contributed by atoms with E-state index >= 15 is 0 Å². The number of rotatable bonds is 1. The summed E-state index contributed by atoms with van der Waals surface area (Å²) in [5, 5.41) is 5.28. The summed E-state index contributed by atoms with van der Waals surface area (Å²) in [5.74, 6) is 2.20. The highest BCUT2D eigenvalue weighted by atomic mass is 127. The number of nitrogens with zero attached hydrogens (tertiary/aromatic N) is 1. The predicted octanol–water partition coefficient (Wildman–Crippen LogP) is 2.39. The largest absolute Gasteiger partial charge is 0.447 e. The van der Waals surface area contributed by atoms with Gasteiger partial charge < -0.3 is 10.1 Å². The molecule has 0 aliphatic carbocycles. The van der Waals surface area contributed by atoms with E-state index in [1.165, 1.54) is 15.1 Å². The van der Waals surface area contributed by atoms with Gasteiger partial charge in [-0.15, -0.1) is 0 Å². The molecular formula is C10H6FIN2O2S. The first-order valence-electron chi connectivity index (χ1n) is 4.58. The van der Waals surface area contributed by atoms with E-state index in [0.717, 1.165) is 0 Å². The van der Waals surface area contributed by atoms with Crippen molar-refractivity contribution in [2.75, 3.05) is 6.61 Å². The summed E-state index contributed by atoms with van der Waals surface area (Å²) in [6.45, 7) is 0.106. The standard InChI is InChI=1S/C10H6FIN2O2S/c11-9-7(8-5-16-10(15)14-8)3-6(4-13-9)1-2-17-12/h3-4,8H,5H2,(H,14,15)/t8-/m0/s1. The average Bonchev–Trinajstić information content (AvgIpc) is 2.75. The van der Waals surface area contributed by atoms with Crippen molar-refractivity contribution in [1.82, 2.24) is 10.3 Å². The monoisotopic (exact) mass is 364 g/mol. The van der Waals surface area contributed by atoms with Gasteiger partial charge in [-0.25, -0.2) is 9.78 Å². The van der Waals surface area contributed by atoms with Crippen molar-refractivity contribution in [3.05, 3.63) is 29.3 Å². The molecule has 1 N–H and O–H groups in total. The van der Waals surface area contributed by atoms with Gasteiger partial charge in [0.1, 0.15) is 6.61 Å². The molecule has 88 valence electrons. The number of cyclic esters (lactones) is 1. The maximum atomic E-state index is 13.5. The minimum atomic E-state index is -0.617. The Labute approximate surface area is 113 Å². The highest BCUT2D eigenvalue weighted by Gasteiger charge is 2.26. The van der Waals surface area contributed by atoms with Gasteiger partial charge in [-0.1, -0.05) is 5.92 Å². The van der Waals surface area contributed by atoms with Crippen LogP contribution in [0, 0.1) is 17.1 Å². The number of ether oxygens (including phenoxy) is 1. The second-order valence-electron chi connectivity index (χ2n) is 3.20. The van der Waals surface area contributed by atoms with Gasteiger partial charge in [0.15, 0.2) is 0 Å². The first kappa shape index (κ1) is 12.4. The lowest BCUT2D eigenvalue weighted by Crippen LogP contribution is -2.19. The molecule has 1 amide bonds. The SMILES string of the molecule is O=C1N[C@H](c2cc(C#CSI)cnc2F)CO1. The minimum absolute atomic E-state index is 0.106. The molecule has 1 fully saturated rings. The Morgan fingerprint density at radius 2 is 2.53 bits per heavy atom. The van der Waals surface area contributed by atoms with Crippen LogP contribution in [0.4, 0.5) is 9.18 Å². The topological polar surface area (TPSA) is 51.2 Å². The molecule has 1 aromatic rings. The fraction of sp³-hybridized carbons (Fsp3) is 0.200. The first-order chi connectivity index (χ1) is 8.20. The maximum Gasteiger partial charge on any atom is 0.407 e. The van der Waals surface area contributed by atoms with Gasteiger partial charge in [-0.2, -0.15) is 4.39 Å². The number of alkyl carbamates (subject to hydrolysis) is 1. The smallest absolute Gasteiger partial charge is 0.407 e. The molecule has 1 aliphatic heterocycles. The van der Waals surface area contributed by atoms with Crippen molar-refractivity contribution < 1.29 is 13.9 Å². The average molecular weight is 364 g/mol. The molecule has 4 nitrogen and oxygen atoms in total. The molecule has 0 aromatic carbocycles. The van der Waals surface area contributed by atoms with Crippen molar-refractivity contribution >= 4 is 36.2 Å². The highest BCUT2D eigenvalue weighted by Crippen LogP contribution is 2.21. The molecule has 1 atom stereocenters. The van der Waals surface area contributed by atoms with E-state index in [1.807, 2.05) is 21.2 Å². The van der Waals surface area contributed by atoms with Gasteiger partial charge >= 0.3 is 6.09 Å². The van der Waals surface area contributed by atoms with E-state index in [4.69, 9.17) is 4.74 Å². The van der Waals surface area contributed by atoms with E-state index in [9.17, 15) is 9.18 Å². The van der Waals surface area contributed by atoms with E-state index in [-0.39, 0.29) is 6.61 Å². The summed E-state index contributed by atoms with van der Waals surface area (Å²) in [4.78, 5) is 14.5. The number of amides is 1. The lowest BCUT2D eigenvalue weighted by atomic mass is 10.1. The van der Waals surface area contributed by atoms with Gasteiger partial charge in [0.25, 0.3) is 0 Å². The lowest BCUT2D eigenvalue weighted by Gasteiger charge is -2.08. The lowest BCUT2D eigenvalue weighted by molar-refractivity contribution is 0.176. The molecule has 0 bridgehead atoms. The van der Waals surface area contributed by atoms with Gasteiger partial charge in [0.05, 0.1) is 6.04 Å². The van der Waals surface area contributed by atoms with Crippen LogP contribution in [0.3, 0.4) is 0 Å². The minimum Gasteiger partial charge on any atom is -0.447 e. The zero-order valence-corrected chi connectivity index (χ0v) is 11.3. The van der Waals surface area contributed by atoms with Crippen molar-refractivity contribution in [1.29, 1.82) is 0 Å². The molecule has 1 saturated heterocycles. The third-order valence-electron chi connectivity index (χ3n) is 2.15. The molecule has 2 rings (SSSR count). The molecule has 1 aromatic heterocycles. The van der Waals surface area contributed by atoms with Crippen LogP contribution >= 0.6 is 30.1 Å². The van der Waals surface area contributed by atoms with Crippen LogP contribution in [0.1, 0.15) is 17.2 Å². The van der Waals surface area contributed by atoms with Gasteiger partial charge in [-0.05, 0) is 20.3 Å². The van der Waals surface area contributed by atoms with Crippen LogP contribution in [0.5, 0.6) is 0 Å². The molecule has 17 heavy (non-hydrogen) atoms. The van der Waals surface area contributed by atoms with Crippen molar-refractivity contribution in [2.45, 2.75) is 6.04 Å². The first-order valence-corrected chi connectivity index (χ1v) is 7.94. The van der Waals surface area contributed by atoms with Crippen molar-refractivity contribution in [2.24, 2.45) is 0 Å². The van der Waals surface area contributed by atoms with E-state index in [0.29, 0.717) is 11.1 Å². The van der Waals surface area contributed by atoms with E-state index in [1.54, 1.807) is 6.07 Å². The van der Waals surface area contributed by atoms with Crippen LogP contribution in [-0.2, 0) is 4.74 Å². The summed E-state index contributed by atoms with van der Waals surface area (Å²) in [6.07, 6.45) is 0.810. The highest BCUT2D eigenvalue weighted by molar-refractivity contribution is 14.2. The van der Waals surface area contributed by atoms with Crippen LogP contribution in [0.15, 0.2) is 12.3 Å². The summed E-state index contributed by atoms with van der Waals surface area (Å²) in [6, 6.07) is 1.07. The zero-order chi connectivity index (χ0) is 12.3. The predicted molar refractivity (Wildman–Crippen MR) is 69.9 cm³/mol. The fourth-order valence-electron chi connectivity index (χ4n) is 1.41. The molecule has 2 heterocycles. The van der Waals surface area contributed by atoms with Gasteiger partial charge in [-0.3, -0.25) is 0 Å². The van der Waals surface area contributed by atoms with Crippen LogP contribution < -0.4 is 5.32 Å². The van der Waals surface area contributed by atoms with Crippen molar-refractivity contribution in [3.63, 3.8) is 0 Å². The van der Waals surface area contributed by atoms with Crippen LogP contribution in [0.25, 0.3) is 0 Å². The maximum absolute atomic E-state index is 13.5. The van der Waals surface area contributed by atoms with E-state index in [2.05, 4.69) is 21.5 Å². The third kappa shape index (κ3) is 3.01. The van der Waals surface area contributed by atoms with Crippen molar-refractivity contribution in [3.8, 4) is 11.2 Å². The Morgan fingerprint density at radius 1 is 1.71 bits per heavy atom. The zero-order valence-electron chi connectivity index (χ0n) is 8.37. The number of hydrogen-bond donors (Lipinski definition) is 1. The summed E-state index contributed by atoms with van der Waals surface area (Å²) >= 11 is 2.04. The van der Waals surface area contributed by atoms with E-state index < -0.39 is 18.1 Å². The number of nitrogens with one attached hydrogen (secondary N) is 1. The van der Waals surface area contributed by atoms with Crippen LogP contribution in [-0.4, -0.2) is 17.7 Å². The Kier molecular flexibility index (Phi) is 4.06. The Hall–Kier alpha value is -1.01. The van der Waals surface area contributed by atoms with Gasteiger partial charge in [0.2, 0.25) is 5.95 Å². The molecule has 7 heteroatoms. The number of hydrogen-bond acceptors (Lipinski definition) is 4. The summed E-state index contributed by atoms with van der Waals surface area (Å²) in [5.41, 5.74) is 0.896. The quantitative estimate of drug-likeness (QED) is 0.473. The second kappa shape index (κ2) is 5.55. The molecule has 0 radical (unpaired) electrons. The molecule has 0 spiro atoms. The second-order valence-corrected chi connectivity index (χ2v) is 4.88. The summed E-state index contributed by atoms with van der Waals surface area (Å²) < 4.78 is 18.2. The normalized spacial score (nSPS) is 18.0. The Balaban J connectivity index is 2.29. The molecule has 1 aliphatic rings. The fourth-order valence-corrected chi connectivity index (χ4v) is 1.89. The molecule has 0 unspecified atom stereocenters. The summed E-state index contributed by atoms with van der Waals surface area (Å²) in [7, 11) is 1.33. The number of halogens is 2. The Morgan fingerprint density at radius 3 is 3.18 bits per heavy atom. The number of carbonyl (C=O) groups is 1. The molecular weight excluding hydrogens is 358 g/mol. The number of pyridine rings is 1. The van der Waals surface area contributed by atoms with Crippen LogP contribution in [0.2, 0.25) is 0 Å². The number of carbonyl (C=O) groups excluding carboxylic acids is 1. The Bertz CT molecular complexity index is 515. The van der Waals surface area contributed by atoms with Gasteiger partial charge in [0, 0.05) is 38.5 Å². The molecule has 0 saturated carbocycles. The third-order valence-corrected chi connectivity index (χ3v) is 2.99.